The van der Waals surface area contributed by atoms with Crippen molar-refractivity contribution in [3.63, 3.8) is 0 Å². The van der Waals surface area contributed by atoms with Crippen molar-refractivity contribution < 1.29 is 9.59 Å². The highest BCUT2D eigenvalue weighted by molar-refractivity contribution is 6.01. The Morgan fingerprint density at radius 1 is 0.929 bits per heavy atom. The molecule has 2 nitrogen and oxygen atoms in total. The minimum Gasteiger partial charge on any atom is -0.299 e. The zero-order valence-corrected chi connectivity index (χ0v) is 9.64. The Bertz CT molecular complexity index is 165. The molecule has 0 rings (SSSR count). The van der Waals surface area contributed by atoms with E-state index in [-0.39, 0.29) is 17.5 Å². The quantitative estimate of drug-likeness (QED) is 0.561. The van der Waals surface area contributed by atoms with Gasteiger partial charge >= 0.3 is 0 Å². The molecule has 82 valence electrons. The average Bonchev–Trinajstić information content (AvgIpc) is 2.21. The van der Waals surface area contributed by atoms with Gasteiger partial charge in [0.1, 0.15) is 11.6 Å². The molecule has 14 heavy (non-hydrogen) atoms. The molecule has 0 aromatic carbocycles. The van der Waals surface area contributed by atoms with Crippen LogP contribution in [0.5, 0.6) is 0 Å². The predicted octanol–water partition coefficient (Wildman–Crippen LogP) is 3.14. The van der Waals surface area contributed by atoms with Crippen molar-refractivity contribution in [2.75, 3.05) is 0 Å². The van der Waals surface area contributed by atoms with E-state index in [0.29, 0.717) is 12.8 Å². The Morgan fingerprint density at radius 2 is 1.29 bits per heavy atom. The number of rotatable bonds is 8. The average molecular weight is 198 g/mol. The van der Waals surface area contributed by atoms with Crippen molar-refractivity contribution >= 4 is 11.6 Å². The molecule has 2 heteroatoms. The van der Waals surface area contributed by atoms with E-state index in [9.17, 15) is 9.59 Å². The summed E-state index contributed by atoms with van der Waals surface area (Å²) in [5, 5.41) is 0. The Hall–Kier alpha value is -0.660. The van der Waals surface area contributed by atoms with Gasteiger partial charge in [-0.2, -0.15) is 0 Å². The lowest BCUT2D eigenvalue weighted by molar-refractivity contribution is -0.132. The molecule has 0 N–H and O–H groups in total. The largest absolute Gasteiger partial charge is 0.299 e. The van der Waals surface area contributed by atoms with Crippen molar-refractivity contribution in [1.29, 1.82) is 0 Å². The van der Waals surface area contributed by atoms with Gasteiger partial charge in [0, 0.05) is 12.8 Å². The van der Waals surface area contributed by atoms with Gasteiger partial charge in [0.25, 0.3) is 0 Å². The molecule has 0 aromatic rings. The fourth-order valence-corrected chi connectivity index (χ4v) is 1.31. The monoisotopic (exact) mass is 198 g/mol. The summed E-state index contributed by atoms with van der Waals surface area (Å²) in [7, 11) is 0. The lowest BCUT2D eigenvalue weighted by atomic mass is 9.94. The summed E-state index contributed by atoms with van der Waals surface area (Å²) in [5.74, 6) is -0.131. The summed E-state index contributed by atoms with van der Waals surface area (Å²) in [6.45, 7) is 5.85. The zero-order chi connectivity index (χ0) is 11.0. The third kappa shape index (κ3) is 5.15. The van der Waals surface area contributed by atoms with Gasteiger partial charge in [0.05, 0.1) is 5.92 Å². The van der Waals surface area contributed by atoms with Crippen LogP contribution in [-0.2, 0) is 9.59 Å². The van der Waals surface area contributed by atoms with Crippen LogP contribution in [0.2, 0.25) is 0 Å². The Labute approximate surface area is 87.1 Å². The number of ketones is 2. The summed E-state index contributed by atoms with van der Waals surface area (Å²) >= 11 is 0. The number of hydrogen-bond acceptors (Lipinski definition) is 2. The molecule has 0 saturated carbocycles. The van der Waals surface area contributed by atoms with E-state index in [1.807, 2.05) is 0 Å². The normalized spacial score (nSPS) is 10.6. The smallest absolute Gasteiger partial charge is 0.143 e. The van der Waals surface area contributed by atoms with Crippen LogP contribution in [0.15, 0.2) is 0 Å². The molecule has 0 saturated heterocycles. The molecule has 0 aliphatic heterocycles. The van der Waals surface area contributed by atoms with E-state index < -0.39 is 0 Å². The Balaban J connectivity index is 3.85. The molecule has 0 heterocycles. The molecular formula is C12H22O2. The number of hydrogen-bond donors (Lipinski definition) is 0. The molecular weight excluding hydrogens is 176 g/mol. The molecule has 0 bridgehead atoms. The minimum absolute atomic E-state index is 0.118. The first-order chi connectivity index (χ1) is 6.63. The summed E-state index contributed by atoms with van der Waals surface area (Å²) in [4.78, 5) is 23.0. The van der Waals surface area contributed by atoms with E-state index in [4.69, 9.17) is 0 Å². The van der Waals surface area contributed by atoms with Gasteiger partial charge in [-0.1, -0.05) is 26.7 Å². The number of Topliss-reactive ketones (excluding diaryl/α,β-unsaturated/α-hetero) is 2. The van der Waals surface area contributed by atoms with E-state index >= 15 is 0 Å². The molecule has 0 aromatic heterocycles. The van der Waals surface area contributed by atoms with Crippen LogP contribution in [0.25, 0.3) is 0 Å². The number of carbonyl (C=O) groups is 2. The molecule has 0 aliphatic rings. The number of unbranched alkanes of at least 4 members (excludes halogenated alkanes) is 2. The third-order valence-corrected chi connectivity index (χ3v) is 2.52. The maximum atomic E-state index is 11.5. The van der Waals surface area contributed by atoms with E-state index in [1.165, 1.54) is 0 Å². The van der Waals surface area contributed by atoms with Crippen LogP contribution in [-0.4, -0.2) is 11.6 Å². The van der Waals surface area contributed by atoms with Crippen LogP contribution in [0, 0.1) is 5.92 Å². The highest BCUT2D eigenvalue weighted by atomic mass is 16.1. The van der Waals surface area contributed by atoms with Crippen molar-refractivity contribution in [3.8, 4) is 0 Å². The van der Waals surface area contributed by atoms with E-state index in [1.54, 1.807) is 6.92 Å². The van der Waals surface area contributed by atoms with Crippen molar-refractivity contribution in [2.24, 2.45) is 5.92 Å². The maximum absolute atomic E-state index is 11.5. The van der Waals surface area contributed by atoms with Gasteiger partial charge in [0.2, 0.25) is 0 Å². The summed E-state index contributed by atoms with van der Waals surface area (Å²) in [6, 6.07) is 0. The fourth-order valence-electron chi connectivity index (χ4n) is 1.31. The Kier molecular flexibility index (Phi) is 7.35. The van der Waals surface area contributed by atoms with E-state index in [0.717, 1.165) is 25.7 Å². The van der Waals surface area contributed by atoms with Crippen molar-refractivity contribution in [3.05, 3.63) is 0 Å². The number of carbonyl (C=O) groups excluding carboxylic acids is 2. The highest BCUT2D eigenvalue weighted by Crippen LogP contribution is 2.10. The van der Waals surface area contributed by atoms with Gasteiger partial charge in [-0.05, 0) is 19.8 Å². The maximum Gasteiger partial charge on any atom is 0.143 e. The van der Waals surface area contributed by atoms with Crippen molar-refractivity contribution in [1.82, 2.24) is 0 Å². The second-order valence-electron chi connectivity index (χ2n) is 3.86. The molecule has 0 unspecified atom stereocenters. The second-order valence-corrected chi connectivity index (χ2v) is 3.86. The van der Waals surface area contributed by atoms with Crippen molar-refractivity contribution in [2.45, 2.75) is 59.3 Å². The highest BCUT2D eigenvalue weighted by Gasteiger charge is 2.19. The first-order valence-electron chi connectivity index (χ1n) is 5.68. The molecule has 0 atom stereocenters. The molecule has 0 fully saturated rings. The van der Waals surface area contributed by atoms with Crippen LogP contribution < -0.4 is 0 Å². The van der Waals surface area contributed by atoms with Crippen LogP contribution in [0.3, 0.4) is 0 Å². The van der Waals surface area contributed by atoms with Gasteiger partial charge in [0.15, 0.2) is 0 Å². The second kappa shape index (κ2) is 7.72. The first-order valence-corrected chi connectivity index (χ1v) is 5.68. The molecule has 0 spiro atoms. The Morgan fingerprint density at radius 3 is 1.57 bits per heavy atom. The summed E-state index contributed by atoms with van der Waals surface area (Å²) < 4.78 is 0. The fraction of sp³-hybridized carbons (Fsp3) is 0.833. The third-order valence-electron chi connectivity index (χ3n) is 2.52. The lowest BCUT2D eigenvalue weighted by Crippen LogP contribution is -2.20. The summed E-state index contributed by atoms with van der Waals surface area (Å²) in [5.41, 5.74) is 0. The predicted molar refractivity (Wildman–Crippen MR) is 58.2 cm³/mol. The van der Waals surface area contributed by atoms with Crippen LogP contribution >= 0.6 is 0 Å². The van der Waals surface area contributed by atoms with Gasteiger partial charge < -0.3 is 0 Å². The SMILES string of the molecule is CCCCC(=O)C(C)C(=O)CCCC. The minimum atomic E-state index is -0.368. The molecule has 0 radical (unpaired) electrons. The van der Waals surface area contributed by atoms with Gasteiger partial charge in [-0.15, -0.1) is 0 Å². The van der Waals surface area contributed by atoms with E-state index in [2.05, 4.69) is 13.8 Å². The molecule has 0 aliphatic carbocycles. The van der Waals surface area contributed by atoms with Crippen LogP contribution in [0.1, 0.15) is 59.3 Å². The van der Waals surface area contributed by atoms with Gasteiger partial charge in [-0.25, -0.2) is 0 Å². The standard InChI is InChI=1S/C12H22O2/c1-4-6-8-11(13)10(3)12(14)9-7-5-2/h10H,4-9H2,1-3H3. The van der Waals surface area contributed by atoms with Crippen LogP contribution in [0.4, 0.5) is 0 Å². The topological polar surface area (TPSA) is 34.1 Å². The lowest BCUT2D eigenvalue weighted by Gasteiger charge is -2.08. The summed E-state index contributed by atoms with van der Waals surface area (Å²) in [6.07, 6.45) is 4.97. The zero-order valence-electron chi connectivity index (χ0n) is 9.64. The molecule has 0 amide bonds. The first kappa shape index (κ1) is 13.3. The van der Waals surface area contributed by atoms with Gasteiger partial charge in [-0.3, -0.25) is 9.59 Å².